The Morgan fingerprint density at radius 1 is 1.14 bits per heavy atom. The van der Waals surface area contributed by atoms with Crippen LogP contribution < -0.4 is 0 Å². The van der Waals surface area contributed by atoms with Crippen LogP contribution in [-0.4, -0.2) is 29.6 Å². The van der Waals surface area contributed by atoms with Gasteiger partial charge in [0.05, 0.1) is 6.10 Å². The molecule has 1 saturated heterocycles. The third-order valence-corrected chi connectivity index (χ3v) is 4.77. The maximum absolute atomic E-state index is 10.5. The molecule has 1 aromatic carbocycles. The molecule has 0 bridgehead atoms. The first-order valence-electron chi connectivity index (χ1n) is 8.49. The Morgan fingerprint density at radius 2 is 1.86 bits per heavy atom. The molecular formula is C19H31NO. The number of likely N-dealkylation sites (tertiary alicyclic amines) is 1. The lowest BCUT2D eigenvalue weighted by molar-refractivity contribution is 0.113. The molecule has 0 spiro atoms. The van der Waals surface area contributed by atoms with Gasteiger partial charge in [-0.25, -0.2) is 0 Å². The van der Waals surface area contributed by atoms with Crippen LogP contribution in [0.3, 0.4) is 0 Å². The fourth-order valence-electron chi connectivity index (χ4n) is 3.21. The van der Waals surface area contributed by atoms with Crippen molar-refractivity contribution in [3.8, 4) is 0 Å². The predicted molar refractivity (Wildman–Crippen MR) is 89.5 cm³/mol. The highest BCUT2D eigenvalue weighted by Crippen LogP contribution is 2.30. The van der Waals surface area contributed by atoms with Gasteiger partial charge in [-0.05, 0) is 55.3 Å². The number of nitrogens with zero attached hydrogens (tertiary/aromatic N) is 1. The van der Waals surface area contributed by atoms with Crippen LogP contribution in [0.5, 0.6) is 0 Å². The Morgan fingerprint density at radius 3 is 2.52 bits per heavy atom. The smallest absolute Gasteiger partial charge is 0.0916 e. The quantitative estimate of drug-likeness (QED) is 0.879. The first kappa shape index (κ1) is 16.5. The average molecular weight is 289 g/mol. The van der Waals surface area contributed by atoms with Crippen LogP contribution in [-0.2, 0) is 6.42 Å². The lowest BCUT2D eigenvalue weighted by Crippen LogP contribution is -2.30. The number of benzene rings is 1. The van der Waals surface area contributed by atoms with E-state index in [1.54, 1.807) is 0 Å². The first-order valence-corrected chi connectivity index (χ1v) is 8.49. The summed E-state index contributed by atoms with van der Waals surface area (Å²) in [6, 6.07) is 8.51. The van der Waals surface area contributed by atoms with Crippen molar-refractivity contribution in [3.63, 3.8) is 0 Å². The number of hydrogen-bond donors (Lipinski definition) is 1. The van der Waals surface area contributed by atoms with E-state index in [-0.39, 0.29) is 6.10 Å². The second-order valence-electron chi connectivity index (χ2n) is 7.33. The Labute approximate surface area is 130 Å². The predicted octanol–water partition coefficient (Wildman–Crippen LogP) is 4.18. The van der Waals surface area contributed by atoms with Gasteiger partial charge in [-0.2, -0.15) is 0 Å². The number of aliphatic hydroxyl groups excluding tert-OH is 1. The van der Waals surface area contributed by atoms with Gasteiger partial charge in [-0.1, -0.05) is 51.5 Å². The molecular weight excluding hydrogens is 258 g/mol. The molecule has 0 amide bonds. The zero-order valence-electron chi connectivity index (χ0n) is 13.9. The normalized spacial score (nSPS) is 21.0. The number of aryl methyl sites for hydroxylation is 1. The topological polar surface area (TPSA) is 23.5 Å². The highest BCUT2D eigenvalue weighted by molar-refractivity contribution is 5.24. The van der Waals surface area contributed by atoms with E-state index in [2.05, 4.69) is 49.9 Å². The fraction of sp³-hybridized carbons (Fsp3) is 0.684. The minimum absolute atomic E-state index is 0.359. The van der Waals surface area contributed by atoms with Gasteiger partial charge < -0.3 is 10.0 Å². The minimum Gasteiger partial charge on any atom is -0.387 e. The summed E-state index contributed by atoms with van der Waals surface area (Å²) in [4.78, 5) is 2.43. The largest absolute Gasteiger partial charge is 0.387 e. The van der Waals surface area contributed by atoms with Crippen molar-refractivity contribution >= 4 is 0 Å². The third kappa shape index (κ3) is 5.12. The van der Waals surface area contributed by atoms with Crippen LogP contribution >= 0.6 is 0 Å². The molecule has 2 nitrogen and oxygen atoms in total. The molecule has 0 aliphatic carbocycles. The Kier molecular flexibility index (Phi) is 5.83. The molecule has 1 unspecified atom stereocenters. The molecule has 1 aliphatic heterocycles. The molecule has 2 rings (SSSR count). The third-order valence-electron chi connectivity index (χ3n) is 4.77. The van der Waals surface area contributed by atoms with E-state index in [9.17, 15) is 5.11 Å². The zero-order valence-corrected chi connectivity index (χ0v) is 13.9. The summed E-state index contributed by atoms with van der Waals surface area (Å²) in [6.45, 7) is 9.91. The Hall–Kier alpha value is -0.860. The van der Waals surface area contributed by atoms with Crippen molar-refractivity contribution in [2.24, 2.45) is 5.41 Å². The summed E-state index contributed by atoms with van der Waals surface area (Å²) < 4.78 is 0. The van der Waals surface area contributed by atoms with Crippen LogP contribution in [0.15, 0.2) is 24.3 Å². The fourth-order valence-corrected chi connectivity index (χ4v) is 3.21. The average Bonchev–Trinajstić information content (AvgIpc) is 2.61. The second-order valence-corrected chi connectivity index (χ2v) is 7.33. The second kappa shape index (κ2) is 7.42. The first-order chi connectivity index (χ1) is 10.00. The van der Waals surface area contributed by atoms with Crippen LogP contribution in [0, 0.1) is 5.41 Å². The maximum atomic E-state index is 10.5. The van der Waals surface area contributed by atoms with Gasteiger partial charge in [0.1, 0.15) is 0 Å². The van der Waals surface area contributed by atoms with E-state index >= 15 is 0 Å². The minimum atomic E-state index is -0.359. The summed E-state index contributed by atoms with van der Waals surface area (Å²) in [5.41, 5.74) is 2.88. The molecule has 0 saturated carbocycles. The summed E-state index contributed by atoms with van der Waals surface area (Å²) in [5.74, 6) is 0. The van der Waals surface area contributed by atoms with Crippen molar-refractivity contribution in [1.82, 2.24) is 4.90 Å². The van der Waals surface area contributed by atoms with E-state index in [4.69, 9.17) is 0 Å². The van der Waals surface area contributed by atoms with Crippen molar-refractivity contribution in [1.29, 1.82) is 0 Å². The number of hydrogen-bond acceptors (Lipinski definition) is 2. The molecule has 0 radical (unpaired) electrons. The molecule has 1 N–H and O–H groups in total. The van der Waals surface area contributed by atoms with Gasteiger partial charge in [0.15, 0.2) is 0 Å². The Bertz CT molecular complexity index is 424. The molecule has 118 valence electrons. The van der Waals surface area contributed by atoms with E-state index in [1.807, 2.05) is 0 Å². The van der Waals surface area contributed by atoms with Crippen molar-refractivity contribution in [2.75, 3.05) is 19.6 Å². The SMILES string of the molecule is CCCc1ccc(C(O)CN2CCCC(C)(C)CC2)cc1. The summed E-state index contributed by atoms with van der Waals surface area (Å²) in [7, 11) is 0. The number of β-amino-alcohol motifs (C(OH)–C–C–N with tert-alkyl or cyclic N) is 1. The van der Waals surface area contributed by atoms with Gasteiger partial charge in [-0.3, -0.25) is 0 Å². The zero-order chi connectivity index (χ0) is 15.3. The van der Waals surface area contributed by atoms with Crippen LogP contribution in [0.2, 0.25) is 0 Å². The molecule has 1 fully saturated rings. The number of rotatable bonds is 5. The highest BCUT2D eigenvalue weighted by atomic mass is 16.3. The molecule has 1 aliphatic rings. The molecule has 2 heteroatoms. The van der Waals surface area contributed by atoms with E-state index < -0.39 is 0 Å². The van der Waals surface area contributed by atoms with E-state index in [0.29, 0.717) is 5.41 Å². The molecule has 1 aromatic rings. The lowest BCUT2D eigenvalue weighted by atomic mass is 9.85. The highest BCUT2D eigenvalue weighted by Gasteiger charge is 2.24. The molecule has 0 aromatic heterocycles. The van der Waals surface area contributed by atoms with Gasteiger partial charge in [-0.15, -0.1) is 0 Å². The van der Waals surface area contributed by atoms with Crippen molar-refractivity contribution in [3.05, 3.63) is 35.4 Å². The van der Waals surface area contributed by atoms with Gasteiger partial charge in [0.25, 0.3) is 0 Å². The van der Waals surface area contributed by atoms with Gasteiger partial charge >= 0.3 is 0 Å². The maximum Gasteiger partial charge on any atom is 0.0916 e. The molecule has 1 heterocycles. The summed E-state index contributed by atoms with van der Waals surface area (Å²) in [5, 5.41) is 10.5. The van der Waals surface area contributed by atoms with Crippen LogP contribution in [0.4, 0.5) is 0 Å². The van der Waals surface area contributed by atoms with Crippen LogP contribution in [0.25, 0.3) is 0 Å². The van der Waals surface area contributed by atoms with Crippen molar-refractivity contribution in [2.45, 2.75) is 59.0 Å². The van der Waals surface area contributed by atoms with E-state index in [1.165, 1.54) is 31.2 Å². The standard InChI is InChI=1S/C19H31NO/c1-4-6-16-7-9-17(10-8-16)18(21)15-20-13-5-11-19(2,3)12-14-20/h7-10,18,21H,4-6,11-15H2,1-3H3. The molecule has 21 heavy (non-hydrogen) atoms. The Balaban J connectivity index is 1.89. The summed E-state index contributed by atoms with van der Waals surface area (Å²) in [6.07, 6.45) is 5.71. The van der Waals surface area contributed by atoms with Crippen LogP contribution in [0.1, 0.15) is 63.7 Å². The number of aliphatic hydroxyl groups is 1. The van der Waals surface area contributed by atoms with Crippen molar-refractivity contribution < 1.29 is 5.11 Å². The van der Waals surface area contributed by atoms with Gasteiger partial charge in [0, 0.05) is 6.54 Å². The van der Waals surface area contributed by atoms with E-state index in [0.717, 1.165) is 31.6 Å². The lowest BCUT2D eigenvalue weighted by Gasteiger charge is -2.25. The monoisotopic (exact) mass is 289 g/mol. The molecule has 1 atom stereocenters. The summed E-state index contributed by atoms with van der Waals surface area (Å²) >= 11 is 0. The van der Waals surface area contributed by atoms with Gasteiger partial charge in [0.2, 0.25) is 0 Å².